The van der Waals surface area contributed by atoms with Crippen molar-refractivity contribution in [2.24, 2.45) is 4.99 Å². The number of guanidine groups is 1. The molecule has 5 heteroatoms. The zero-order valence-electron chi connectivity index (χ0n) is 15.8. The molecule has 2 fully saturated rings. The second kappa shape index (κ2) is 7.87. The summed E-state index contributed by atoms with van der Waals surface area (Å²) in [4.78, 5) is 4.81. The molecule has 0 amide bonds. The fourth-order valence-electron chi connectivity index (χ4n) is 4.54. The molecule has 2 aliphatic heterocycles. The second-order valence-electron chi connectivity index (χ2n) is 7.79. The predicted octanol–water partition coefficient (Wildman–Crippen LogP) is 3.56. The molecular formula is C21H31N3O2. The van der Waals surface area contributed by atoms with E-state index < -0.39 is 0 Å². The number of fused-ring (bicyclic) bond motifs is 1. The van der Waals surface area contributed by atoms with Gasteiger partial charge in [-0.3, -0.25) is 4.99 Å². The Balaban J connectivity index is 1.52. The van der Waals surface area contributed by atoms with Crippen LogP contribution >= 0.6 is 0 Å². The number of para-hydroxylation sites is 1. The number of nitrogens with one attached hydrogen (secondary N) is 2. The van der Waals surface area contributed by atoms with Gasteiger partial charge in [-0.2, -0.15) is 0 Å². The number of hydrogen-bond donors (Lipinski definition) is 2. The van der Waals surface area contributed by atoms with Gasteiger partial charge in [-0.25, -0.2) is 0 Å². The average molecular weight is 357 g/mol. The van der Waals surface area contributed by atoms with Crippen LogP contribution < -0.4 is 15.4 Å². The van der Waals surface area contributed by atoms with Crippen LogP contribution in [-0.4, -0.2) is 37.4 Å². The molecule has 2 unspecified atom stereocenters. The van der Waals surface area contributed by atoms with Gasteiger partial charge in [0.05, 0.1) is 18.7 Å². The molecule has 2 atom stereocenters. The predicted molar refractivity (Wildman–Crippen MR) is 104 cm³/mol. The Morgan fingerprint density at radius 2 is 2.08 bits per heavy atom. The summed E-state index contributed by atoms with van der Waals surface area (Å²) < 4.78 is 12.2. The van der Waals surface area contributed by atoms with E-state index in [9.17, 15) is 0 Å². The summed E-state index contributed by atoms with van der Waals surface area (Å²) in [5, 5.41) is 7.10. The molecule has 4 rings (SSSR count). The van der Waals surface area contributed by atoms with E-state index in [0.717, 1.165) is 63.5 Å². The van der Waals surface area contributed by atoms with Crippen molar-refractivity contribution in [1.29, 1.82) is 0 Å². The number of hydrogen-bond acceptors (Lipinski definition) is 3. The molecule has 1 aromatic carbocycles. The first kappa shape index (κ1) is 17.7. The van der Waals surface area contributed by atoms with Crippen molar-refractivity contribution in [1.82, 2.24) is 10.6 Å². The monoisotopic (exact) mass is 357 g/mol. The van der Waals surface area contributed by atoms with Crippen LogP contribution in [0.4, 0.5) is 0 Å². The lowest BCUT2D eigenvalue weighted by Crippen LogP contribution is -2.46. The topological polar surface area (TPSA) is 54.9 Å². The number of ether oxygens (including phenoxy) is 2. The smallest absolute Gasteiger partial charge is 0.191 e. The minimum absolute atomic E-state index is 0.00208. The van der Waals surface area contributed by atoms with Gasteiger partial charge in [0.2, 0.25) is 0 Å². The first-order valence-corrected chi connectivity index (χ1v) is 10.2. The number of rotatable bonds is 4. The van der Waals surface area contributed by atoms with Gasteiger partial charge in [-0.05, 0) is 51.5 Å². The standard InChI is InChI=1S/C21H31N3O2/c1-2-22-20(23-15-16-8-7-13-25-16)24-18-14-21(11-5-6-12-21)26-19-10-4-3-9-17(18)19/h3-4,9-10,16,18H,2,5-8,11-15H2,1H3,(H2,22,23,24). The molecular weight excluding hydrogens is 326 g/mol. The maximum Gasteiger partial charge on any atom is 0.191 e. The molecule has 1 saturated carbocycles. The largest absolute Gasteiger partial charge is 0.487 e. The molecule has 2 N–H and O–H groups in total. The summed E-state index contributed by atoms with van der Waals surface area (Å²) in [7, 11) is 0. The molecule has 5 nitrogen and oxygen atoms in total. The van der Waals surface area contributed by atoms with Crippen LogP contribution in [0, 0.1) is 0 Å². The molecule has 3 aliphatic rings. The molecule has 0 radical (unpaired) electrons. The van der Waals surface area contributed by atoms with Gasteiger partial charge < -0.3 is 20.1 Å². The minimum atomic E-state index is -0.00208. The summed E-state index contributed by atoms with van der Waals surface area (Å²) >= 11 is 0. The lowest BCUT2D eigenvalue weighted by atomic mass is 9.86. The van der Waals surface area contributed by atoms with E-state index in [1.54, 1.807) is 0 Å². The highest BCUT2D eigenvalue weighted by molar-refractivity contribution is 5.80. The second-order valence-corrected chi connectivity index (χ2v) is 7.79. The SMILES string of the molecule is CCNC(=NCC1CCCO1)NC1CC2(CCCC2)Oc2ccccc21. The first-order chi connectivity index (χ1) is 12.8. The van der Waals surface area contributed by atoms with Crippen molar-refractivity contribution in [2.75, 3.05) is 19.7 Å². The quantitative estimate of drug-likeness (QED) is 0.639. The molecule has 1 aromatic rings. The fourth-order valence-corrected chi connectivity index (χ4v) is 4.54. The molecule has 1 saturated heterocycles. The summed E-state index contributed by atoms with van der Waals surface area (Å²) in [5.74, 6) is 1.92. The van der Waals surface area contributed by atoms with E-state index in [4.69, 9.17) is 14.5 Å². The molecule has 0 aromatic heterocycles. The van der Waals surface area contributed by atoms with Gasteiger partial charge in [0.1, 0.15) is 11.4 Å². The Hall–Kier alpha value is -1.75. The summed E-state index contributed by atoms with van der Waals surface area (Å²) in [6, 6.07) is 8.69. The highest BCUT2D eigenvalue weighted by Crippen LogP contribution is 2.46. The minimum Gasteiger partial charge on any atom is -0.487 e. The Morgan fingerprint density at radius 1 is 1.23 bits per heavy atom. The molecule has 2 heterocycles. The van der Waals surface area contributed by atoms with Crippen LogP contribution in [0.3, 0.4) is 0 Å². The lowest BCUT2D eigenvalue weighted by molar-refractivity contribution is 0.0395. The number of benzene rings is 1. The molecule has 1 spiro atoms. The van der Waals surface area contributed by atoms with E-state index in [1.165, 1.54) is 18.4 Å². The van der Waals surface area contributed by atoms with Gasteiger partial charge in [-0.1, -0.05) is 18.2 Å². The van der Waals surface area contributed by atoms with Crippen LogP contribution in [0.15, 0.2) is 29.3 Å². The van der Waals surface area contributed by atoms with Crippen molar-refractivity contribution >= 4 is 5.96 Å². The Morgan fingerprint density at radius 3 is 2.85 bits per heavy atom. The number of nitrogens with zero attached hydrogens (tertiary/aromatic N) is 1. The lowest BCUT2D eigenvalue weighted by Gasteiger charge is -2.40. The van der Waals surface area contributed by atoms with Crippen LogP contribution in [0.5, 0.6) is 5.75 Å². The molecule has 0 bridgehead atoms. The maximum atomic E-state index is 6.47. The van der Waals surface area contributed by atoms with Crippen molar-refractivity contribution in [3.8, 4) is 5.75 Å². The average Bonchev–Trinajstić information content (AvgIpc) is 3.32. The Kier molecular flexibility index (Phi) is 5.34. The Labute approximate surface area is 156 Å². The van der Waals surface area contributed by atoms with Crippen LogP contribution in [-0.2, 0) is 4.74 Å². The van der Waals surface area contributed by atoms with Crippen molar-refractivity contribution in [3.05, 3.63) is 29.8 Å². The summed E-state index contributed by atoms with van der Waals surface area (Å²) in [6.07, 6.45) is 8.39. The van der Waals surface area contributed by atoms with Crippen molar-refractivity contribution in [3.63, 3.8) is 0 Å². The highest BCUT2D eigenvalue weighted by Gasteiger charge is 2.43. The fraction of sp³-hybridized carbons (Fsp3) is 0.667. The summed E-state index contributed by atoms with van der Waals surface area (Å²) in [6.45, 7) is 4.57. The van der Waals surface area contributed by atoms with Crippen molar-refractivity contribution in [2.45, 2.75) is 69.6 Å². The van der Waals surface area contributed by atoms with E-state index >= 15 is 0 Å². The van der Waals surface area contributed by atoms with Gasteiger partial charge in [0.25, 0.3) is 0 Å². The van der Waals surface area contributed by atoms with Crippen LogP contribution in [0.1, 0.15) is 63.5 Å². The van der Waals surface area contributed by atoms with Crippen LogP contribution in [0.2, 0.25) is 0 Å². The number of aliphatic imine (C=N–C) groups is 1. The van der Waals surface area contributed by atoms with E-state index in [1.807, 2.05) is 0 Å². The zero-order valence-corrected chi connectivity index (χ0v) is 15.8. The first-order valence-electron chi connectivity index (χ1n) is 10.2. The van der Waals surface area contributed by atoms with Gasteiger partial charge in [0, 0.05) is 25.1 Å². The third kappa shape index (κ3) is 3.83. The normalized spacial score (nSPS) is 27.2. The molecule has 142 valence electrons. The van der Waals surface area contributed by atoms with Gasteiger partial charge in [-0.15, -0.1) is 0 Å². The highest BCUT2D eigenvalue weighted by atomic mass is 16.5. The van der Waals surface area contributed by atoms with E-state index in [-0.39, 0.29) is 17.7 Å². The molecule has 26 heavy (non-hydrogen) atoms. The van der Waals surface area contributed by atoms with Gasteiger partial charge >= 0.3 is 0 Å². The van der Waals surface area contributed by atoms with Gasteiger partial charge in [0.15, 0.2) is 5.96 Å². The molecule has 1 aliphatic carbocycles. The third-order valence-corrected chi connectivity index (χ3v) is 5.84. The summed E-state index contributed by atoms with van der Waals surface area (Å²) in [5.41, 5.74) is 1.24. The third-order valence-electron chi connectivity index (χ3n) is 5.84. The van der Waals surface area contributed by atoms with E-state index in [2.05, 4.69) is 41.8 Å². The maximum absolute atomic E-state index is 6.47. The van der Waals surface area contributed by atoms with E-state index in [0.29, 0.717) is 0 Å². The van der Waals surface area contributed by atoms with Crippen LogP contribution in [0.25, 0.3) is 0 Å². The Bertz CT molecular complexity index is 634. The van der Waals surface area contributed by atoms with Crippen molar-refractivity contribution < 1.29 is 9.47 Å². The zero-order chi connectivity index (χ0) is 17.8.